The van der Waals surface area contributed by atoms with Crippen LogP contribution in [0.15, 0.2) is 17.6 Å². The molecule has 0 unspecified atom stereocenters. The van der Waals surface area contributed by atoms with Crippen molar-refractivity contribution in [2.75, 3.05) is 23.3 Å². The molecule has 0 aliphatic rings. The van der Waals surface area contributed by atoms with E-state index in [9.17, 15) is 8.42 Å². The van der Waals surface area contributed by atoms with Gasteiger partial charge < -0.3 is 11.1 Å². The van der Waals surface area contributed by atoms with Crippen molar-refractivity contribution in [2.45, 2.75) is 18.2 Å². The molecule has 1 heterocycles. The van der Waals surface area contributed by atoms with E-state index in [2.05, 4.69) is 16.3 Å². The van der Waals surface area contributed by atoms with Crippen LogP contribution >= 0.6 is 11.5 Å². The van der Waals surface area contributed by atoms with E-state index in [0.717, 1.165) is 18.0 Å². The zero-order chi connectivity index (χ0) is 12.2. The van der Waals surface area contributed by atoms with Crippen LogP contribution in [0.3, 0.4) is 0 Å². The number of hydrogen-bond acceptors (Lipinski definition) is 6. The van der Waals surface area contributed by atoms with Crippen LogP contribution in [-0.4, -0.2) is 25.1 Å². The summed E-state index contributed by atoms with van der Waals surface area (Å²) in [6.07, 6.45) is 2.51. The first-order valence-electron chi connectivity index (χ1n) is 4.85. The van der Waals surface area contributed by atoms with E-state index in [1.165, 1.54) is 0 Å². The number of hydrogen-bond donors (Lipinski definition) is 2. The molecule has 90 valence electrons. The summed E-state index contributed by atoms with van der Waals surface area (Å²) in [6, 6.07) is 0. The van der Waals surface area contributed by atoms with Crippen LogP contribution in [0.5, 0.6) is 0 Å². The van der Waals surface area contributed by atoms with Gasteiger partial charge in [-0.05, 0) is 18.0 Å². The number of aromatic nitrogens is 1. The molecule has 0 radical (unpaired) electrons. The summed E-state index contributed by atoms with van der Waals surface area (Å²) in [4.78, 5) is 0.129. The predicted octanol–water partition coefficient (Wildman–Crippen LogP) is 1.51. The van der Waals surface area contributed by atoms with Gasteiger partial charge in [-0.15, -0.1) is 6.58 Å². The molecule has 0 bridgehead atoms. The Kier molecular flexibility index (Phi) is 4.31. The van der Waals surface area contributed by atoms with Crippen LogP contribution in [0.25, 0.3) is 0 Å². The highest BCUT2D eigenvalue weighted by molar-refractivity contribution is 7.91. The fourth-order valence-electron chi connectivity index (χ4n) is 1.14. The van der Waals surface area contributed by atoms with Gasteiger partial charge in [0.25, 0.3) is 0 Å². The Labute approximate surface area is 99.4 Å². The Balaban J connectivity index is 2.99. The number of nitrogen functional groups attached to an aromatic ring is 1. The van der Waals surface area contributed by atoms with Crippen molar-refractivity contribution >= 4 is 32.2 Å². The molecule has 0 aromatic carbocycles. The third-order valence-electron chi connectivity index (χ3n) is 2.00. The van der Waals surface area contributed by atoms with Crippen molar-refractivity contribution in [3.63, 3.8) is 0 Å². The molecule has 7 heteroatoms. The topological polar surface area (TPSA) is 85.1 Å². The minimum absolute atomic E-state index is 0.0196. The Bertz CT molecular complexity index is 465. The lowest BCUT2D eigenvalue weighted by atomic mass is 10.4. The van der Waals surface area contributed by atoms with Gasteiger partial charge in [-0.1, -0.05) is 13.0 Å². The third-order valence-corrected chi connectivity index (χ3v) is 4.74. The number of rotatable bonds is 6. The lowest BCUT2D eigenvalue weighted by molar-refractivity contribution is 0.598. The summed E-state index contributed by atoms with van der Waals surface area (Å²) in [6.45, 7) is 5.79. The standard InChI is InChI=1S/C9H15N3O2S2/c1-3-5-6-11-9-7(8(10)12-15-9)16(13,14)4-2/h3,11H,1,4-6H2,2H3,(H2,10,12). The molecule has 0 saturated carbocycles. The number of nitrogens with two attached hydrogens (primary N) is 1. The molecule has 0 atom stereocenters. The summed E-state index contributed by atoms with van der Waals surface area (Å²) in [7, 11) is -3.32. The Hall–Kier alpha value is -1.08. The molecule has 16 heavy (non-hydrogen) atoms. The van der Waals surface area contributed by atoms with Crippen LogP contribution < -0.4 is 11.1 Å². The maximum Gasteiger partial charge on any atom is 0.184 e. The molecule has 1 aromatic heterocycles. The monoisotopic (exact) mass is 261 g/mol. The molecule has 0 spiro atoms. The minimum Gasteiger partial charge on any atom is -0.382 e. The molecule has 0 saturated heterocycles. The van der Waals surface area contributed by atoms with Crippen molar-refractivity contribution in [1.82, 2.24) is 4.37 Å². The molecule has 0 amide bonds. The minimum atomic E-state index is -3.32. The predicted molar refractivity (Wildman–Crippen MR) is 67.6 cm³/mol. The molecule has 0 fully saturated rings. The Morgan fingerprint density at radius 2 is 2.31 bits per heavy atom. The summed E-state index contributed by atoms with van der Waals surface area (Å²) >= 11 is 1.07. The second-order valence-corrected chi connectivity index (χ2v) is 6.12. The van der Waals surface area contributed by atoms with Crippen LogP contribution in [0.2, 0.25) is 0 Å². The van der Waals surface area contributed by atoms with E-state index in [0.29, 0.717) is 11.5 Å². The van der Waals surface area contributed by atoms with Crippen molar-refractivity contribution in [2.24, 2.45) is 0 Å². The molecule has 0 aliphatic carbocycles. The first kappa shape index (κ1) is 13.0. The highest BCUT2D eigenvalue weighted by atomic mass is 32.2. The fraction of sp³-hybridized carbons (Fsp3) is 0.444. The van der Waals surface area contributed by atoms with E-state index in [4.69, 9.17) is 5.73 Å². The zero-order valence-electron chi connectivity index (χ0n) is 9.06. The first-order valence-corrected chi connectivity index (χ1v) is 7.28. The van der Waals surface area contributed by atoms with E-state index >= 15 is 0 Å². The van der Waals surface area contributed by atoms with Crippen molar-refractivity contribution in [1.29, 1.82) is 0 Å². The van der Waals surface area contributed by atoms with Gasteiger partial charge >= 0.3 is 0 Å². The molecule has 0 aliphatic heterocycles. The van der Waals surface area contributed by atoms with Crippen LogP contribution in [-0.2, 0) is 9.84 Å². The van der Waals surface area contributed by atoms with Crippen molar-refractivity contribution in [3.8, 4) is 0 Å². The van der Waals surface area contributed by atoms with E-state index in [1.54, 1.807) is 13.0 Å². The molecule has 1 rings (SSSR count). The van der Waals surface area contributed by atoms with E-state index < -0.39 is 9.84 Å². The van der Waals surface area contributed by atoms with Crippen molar-refractivity contribution in [3.05, 3.63) is 12.7 Å². The maximum atomic E-state index is 11.8. The number of sulfone groups is 1. The first-order chi connectivity index (χ1) is 7.53. The number of nitrogens with zero attached hydrogens (tertiary/aromatic N) is 1. The van der Waals surface area contributed by atoms with Gasteiger partial charge in [0.05, 0.1) is 5.75 Å². The Morgan fingerprint density at radius 1 is 1.62 bits per heavy atom. The van der Waals surface area contributed by atoms with Crippen LogP contribution in [0, 0.1) is 0 Å². The summed E-state index contributed by atoms with van der Waals surface area (Å²) in [5, 5.41) is 3.52. The third kappa shape index (κ3) is 2.73. The highest BCUT2D eigenvalue weighted by Crippen LogP contribution is 2.32. The lowest BCUT2D eigenvalue weighted by Crippen LogP contribution is -2.09. The summed E-state index contributed by atoms with van der Waals surface area (Å²) < 4.78 is 27.4. The second-order valence-electron chi connectivity index (χ2n) is 3.13. The average molecular weight is 261 g/mol. The summed E-state index contributed by atoms with van der Waals surface area (Å²) in [5.41, 5.74) is 5.57. The largest absolute Gasteiger partial charge is 0.382 e. The second kappa shape index (κ2) is 5.31. The van der Waals surface area contributed by atoms with Crippen molar-refractivity contribution < 1.29 is 8.42 Å². The number of nitrogens with one attached hydrogen (secondary N) is 1. The van der Waals surface area contributed by atoms with Gasteiger partial charge in [-0.25, -0.2) is 8.42 Å². The lowest BCUT2D eigenvalue weighted by Gasteiger charge is -2.05. The van der Waals surface area contributed by atoms with E-state index in [-0.39, 0.29) is 16.5 Å². The quantitative estimate of drug-likeness (QED) is 0.599. The van der Waals surface area contributed by atoms with Gasteiger partial charge in [0.15, 0.2) is 15.7 Å². The zero-order valence-corrected chi connectivity index (χ0v) is 10.7. The van der Waals surface area contributed by atoms with Gasteiger partial charge in [-0.3, -0.25) is 0 Å². The Morgan fingerprint density at radius 3 is 2.88 bits per heavy atom. The maximum absolute atomic E-state index is 11.8. The van der Waals surface area contributed by atoms with Gasteiger partial charge in [0, 0.05) is 6.54 Å². The van der Waals surface area contributed by atoms with E-state index in [1.807, 2.05) is 0 Å². The molecular weight excluding hydrogens is 246 g/mol. The SMILES string of the molecule is C=CCCNc1snc(N)c1S(=O)(=O)CC. The smallest absolute Gasteiger partial charge is 0.184 e. The van der Waals surface area contributed by atoms with Gasteiger partial charge in [0.2, 0.25) is 0 Å². The average Bonchev–Trinajstić information content (AvgIpc) is 2.61. The van der Waals surface area contributed by atoms with Gasteiger partial charge in [0.1, 0.15) is 9.90 Å². The normalized spacial score (nSPS) is 11.3. The molecule has 1 aromatic rings. The van der Waals surface area contributed by atoms with Crippen LogP contribution in [0.4, 0.5) is 10.8 Å². The fourth-order valence-corrected chi connectivity index (χ4v) is 3.33. The molecule has 3 N–H and O–H groups in total. The van der Waals surface area contributed by atoms with Crippen LogP contribution in [0.1, 0.15) is 13.3 Å². The summed E-state index contributed by atoms with van der Waals surface area (Å²) in [5.74, 6) is 0.0964. The highest BCUT2D eigenvalue weighted by Gasteiger charge is 2.23. The number of anilines is 2. The molecular formula is C9H15N3O2S2. The molecule has 5 nitrogen and oxygen atoms in total. The van der Waals surface area contributed by atoms with Gasteiger partial charge in [-0.2, -0.15) is 4.37 Å².